The standard InChI is InChI=1S/C19H23N3OS/c1-15(21-19(23)14-24-18-7-9-20-10-8-18)16-5-4-6-17(13-16)22-11-2-3-12-22/h4-10,13,15H,2-3,11-12,14H2,1H3,(H,21,23)/t15-/m1/s1. The Morgan fingerprint density at radius 1 is 1.25 bits per heavy atom. The van der Waals surface area contributed by atoms with Gasteiger partial charge in [0, 0.05) is 36.1 Å². The average molecular weight is 341 g/mol. The molecule has 0 bridgehead atoms. The van der Waals surface area contributed by atoms with Crippen molar-refractivity contribution in [1.82, 2.24) is 10.3 Å². The second-order valence-electron chi connectivity index (χ2n) is 6.05. The third-order valence-electron chi connectivity index (χ3n) is 4.24. The van der Waals surface area contributed by atoms with Crippen LogP contribution in [0.15, 0.2) is 53.7 Å². The summed E-state index contributed by atoms with van der Waals surface area (Å²) in [6, 6.07) is 12.4. The van der Waals surface area contributed by atoms with Crippen LogP contribution in [0.2, 0.25) is 0 Å². The van der Waals surface area contributed by atoms with Crippen molar-refractivity contribution in [3.05, 3.63) is 54.4 Å². The number of hydrogen-bond acceptors (Lipinski definition) is 4. The Morgan fingerprint density at radius 3 is 2.75 bits per heavy atom. The van der Waals surface area contributed by atoms with E-state index in [2.05, 4.69) is 39.5 Å². The van der Waals surface area contributed by atoms with Gasteiger partial charge in [0.25, 0.3) is 0 Å². The highest BCUT2D eigenvalue weighted by molar-refractivity contribution is 8.00. The number of nitrogens with one attached hydrogen (secondary N) is 1. The lowest BCUT2D eigenvalue weighted by molar-refractivity contribution is -0.119. The zero-order valence-electron chi connectivity index (χ0n) is 13.9. The zero-order valence-corrected chi connectivity index (χ0v) is 14.8. The SMILES string of the molecule is C[C@@H](NC(=O)CSc1ccncc1)c1cccc(N2CCCC2)c1. The first kappa shape index (κ1) is 16.8. The van der Waals surface area contributed by atoms with Crippen LogP contribution < -0.4 is 10.2 Å². The minimum Gasteiger partial charge on any atom is -0.372 e. The largest absolute Gasteiger partial charge is 0.372 e. The van der Waals surface area contributed by atoms with Crippen LogP contribution in [0.3, 0.4) is 0 Å². The van der Waals surface area contributed by atoms with E-state index in [1.807, 2.05) is 19.1 Å². The monoisotopic (exact) mass is 341 g/mol. The van der Waals surface area contributed by atoms with E-state index in [4.69, 9.17) is 0 Å². The number of amides is 1. The molecule has 2 aromatic rings. The number of carbonyl (C=O) groups excluding carboxylic acids is 1. The molecule has 5 heteroatoms. The van der Waals surface area contributed by atoms with Gasteiger partial charge in [-0.3, -0.25) is 9.78 Å². The van der Waals surface area contributed by atoms with E-state index < -0.39 is 0 Å². The van der Waals surface area contributed by atoms with E-state index in [0.29, 0.717) is 5.75 Å². The molecule has 0 unspecified atom stereocenters. The zero-order chi connectivity index (χ0) is 16.8. The first-order valence-corrected chi connectivity index (χ1v) is 9.38. The molecule has 1 amide bonds. The number of hydrogen-bond donors (Lipinski definition) is 1. The normalized spacial score (nSPS) is 15.3. The van der Waals surface area contributed by atoms with Gasteiger partial charge < -0.3 is 10.2 Å². The molecule has 1 fully saturated rings. The van der Waals surface area contributed by atoms with Crippen molar-refractivity contribution in [2.45, 2.75) is 30.7 Å². The summed E-state index contributed by atoms with van der Waals surface area (Å²) in [5, 5.41) is 3.09. The maximum absolute atomic E-state index is 12.2. The first-order valence-electron chi connectivity index (χ1n) is 8.39. The van der Waals surface area contributed by atoms with Crippen molar-refractivity contribution in [3.63, 3.8) is 0 Å². The van der Waals surface area contributed by atoms with Crippen LogP contribution in [0.4, 0.5) is 5.69 Å². The van der Waals surface area contributed by atoms with Crippen molar-refractivity contribution < 1.29 is 4.79 Å². The Morgan fingerprint density at radius 2 is 2.00 bits per heavy atom. The fourth-order valence-corrected chi connectivity index (χ4v) is 3.61. The molecule has 1 saturated heterocycles. The molecule has 3 rings (SSSR count). The third kappa shape index (κ3) is 4.51. The summed E-state index contributed by atoms with van der Waals surface area (Å²) in [5.74, 6) is 0.469. The van der Waals surface area contributed by atoms with E-state index in [1.165, 1.54) is 30.3 Å². The maximum Gasteiger partial charge on any atom is 0.230 e. The number of nitrogens with zero attached hydrogens (tertiary/aromatic N) is 2. The minimum atomic E-state index is 0.0121. The fraction of sp³-hybridized carbons (Fsp3) is 0.368. The molecule has 0 saturated carbocycles. The van der Waals surface area contributed by atoms with E-state index in [-0.39, 0.29) is 11.9 Å². The predicted molar refractivity (Wildman–Crippen MR) is 99.4 cm³/mol. The highest BCUT2D eigenvalue weighted by Gasteiger charge is 2.15. The van der Waals surface area contributed by atoms with Crippen LogP contribution in [0.1, 0.15) is 31.4 Å². The van der Waals surface area contributed by atoms with Gasteiger partial charge in [0.05, 0.1) is 11.8 Å². The lowest BCUT2D eigenvalue weighted by Crippen LogP contribution is -2.28. The van der Waals surface area contributed by atoms with Gasteiger partial charge >= 0.3 is 0 Å². The summed E-state index contributed by atoms with van der Waals surface area (Å²) in [4.78, 5) is 19.6. The third-order valence-corrected chi connectivity index (χ3v) is 5.25. The number of anilines is 1. The summed E-state index contributed by atoms with van der Waals surface area (Å²) in [7, 11) is 0. The molecule has 1 aromatic carbocycles. The van der Waals surface area contributed by atoms with Gasteiger partial charge in [0.1, 0.15) is 0 Å². The molecule has 1 N–H and O–H groups in total. The van der Waals surface area contributed by atoms with E-state index >= 15 is 0 Å². The molecular formula is C19H23N3OS. The van der Waals surface area contributed by atoms with Gasteiger partial charge in [-0.05, 0) is 49.6 Å². The second kappa shape index (κ2) is 8.20. The lowest BCUT2D eigenvalue weighted by atomic mass is 10.1. The van der Waals surface area contributed by atoms with Crippen LogP contribution in [-0.2, 0) is 4.79 Å². The Labute approximate surface area is 147 Å². The number of carbonyl (C=O) groups is 1. The van der Waals surface area contributed by atoms with Crippen molar-refractivity contribution in [1.29, 1.82) is 0 Å². The molecule has 0 aliphatic carbocycles. The van der Waals surface area contributed by atoms with Gasteiger partial charge in [-0.2, -0.15) is 0 Å². The van der Waals surface area contributed by atoms with Crippen molar-refractivity contribution in [2.75, 3.05) is 23.7 Å². The van der Waals surface area contributed by atoms with Crippen LogP contribution in [0, 0.1) is 0 Å². The quantitative estimate of drug-likeness (QED) is 0.815. The summed E-state index contributed by atoms with van der Waals surface area (Å²) in [6.07, 6.45) is 6.02. The topological polar surface area (TPSA) is 45.2 Å². The van der Waals surface area contributed by atoms with Crippen LogP contribution in [0.5, 0.6) is 0 Å². The molecule has 2 heterocycles. The summed E-state index contributed by atoms with van der Waals surface area (Å²) in [5.41, 5.74) is 2.42. The predicted octanol–water partition coefficient (Wildman–Crippen LogP) is 3.65. The number of benzene rings is 1. The lowest BCUT2D eigenvalue weighted by Gasteiger charge is -2.20. The fourth-order valence-electron chi connectivity index (χ4n) is 2.92. The highest BCUT2D eigenvalue weighted by Crippen LogP contribution is 2.24. The van der Waals surface area contributed by atoms with Crippen LogP contribution in [-0.4, -0.2) is 29.7 Å². The van der Waals surface area contributed by atoms with E-state index in [9.17, 15) is 4.79 Å². The van der Waals surface area contributed by atoms with Crippen molar-refractivity contribution in [2.24, 2.45) is 0 Å². The molecule has 24 heavy (non-hydrogen) atoms. The van der Waals surface area contributed by atoms with E-state index in [0.717, 1.165) is 23.5 Å². The average Bonchev–Trinajstić information content (AvgIpc) is 3.16. The number of pyridine rings is 1. The number of aromatic nitrogens is 1. The van der Waals surface area contributed by atoms with Gasteiger partial charge in [-0.15, -0.1) is 11.8 Å². The van der Waals surface area contributed by atoms with Gasteiger partial charge in [-0.25, -0.2) is 0 Å². The maximum atomic E-state index is 12.2. The van der Waals surface area contributed by atoms with E-state index in [1.54, 1.807) is 12.4 Å². The Kier molecular flexibility index (Phi) is 5.75. The molecule has 0 radical (unpaired) electrons. The molecule has 4 nitrogen and oxygen atoms in total. The molecule has 1 aromatic heterocycles. The Hall–Kier alpha value is -2.01. The molecule has 0 spiro atoms. The molecular weight excluding hydrogens is 318 g/mol. The van der Waals surface area contributed by atoms with Gasteiger partial charge in [0.2, 0.25) is 5.91 Å². The van der Waals surface area contributed by atoms with Gasteiger partial charge in [-0.1, -0.05) is 12.1 Å². The molecule has 1 aliphatic rings. The smallest absolute Gasteiger partial charge is 0.230 e. The minimum absolute atomic E-state index is 0.0121. The number of thioether (sulfide) groups is 1. The molecule has 126 valence electrons. The Bertz CT molecular complexity index is 671. The van der Waals surface area contributed by atoms with Crippen LogP contribution >= 0.6 is 11.8 Å². The summed E-state index contributed by atoms with van der Waals surface area (Å²) in [6.45, 7) is 4.30. The summed E-state index contributed by atoms with van der Waals surface area (Å²) < 4.78 is 0. The number of rotatable bonds is 6. The Balaban J connectivity index is 1.55. The second-order valence-corrected chi connectivity index (χ2v) is 7.10. The van der Waals surface area contributed by atoms with Crippen molar-refractivity contribution >= 4 is 23.4 Å². The van der Waals surface area contributed by atoms with Crippen molar-refractivity contribution in [3.8, 4) is 0 Å². The molecule has 1 atom stereocenters. The first-order chi connectivity index (χ1) is 11.7. The van der Waals surface area contributed by atoms with Crippen LogP contribution in [0.25, 0.3) is 0 Å². The van der Waals surface area contributed by atoms with Gasteiger partial charge in [0.15, 0.2) is 0 Å². The molecule has 1 aliphatic heterocycles. The highest BCUT2D eigenvalue weighted by atomic mass is 32.2. The summed E-state index contributed by atoms with van der Waals surface area (Å²) >= 11 is 1.53.